The Morgan fingerprint density at radius 2 is 1.95 bits per heavy atom. The van der Waals surface area contributed by atoms with E-state index in [9.17, 15) is 19.1 Å². The topological polar surface area (TPSA) is 79.3 Å². The van der Waals surface area contributed by atoms with Crippen molar-refractivity contribution in [3.8, 4) is 0 Å². The lowest BCUT2D eigenvalue weighted by atomic mass is 9.99. The first kappa shape index (κ1) is 14.6. The van der Waals surface area contributed by atoms with Crippen molar-refractivity contribution < 1.29 is 19.1 Å². The maximum absolute atomic E-state index is 12.9. The highest BCUT2D eigenvalue weighted by Gasteiger charge is 2.20. The summed E-state index contributed by atoms with van der Waals surface area (Å²) < 4.78 is 12.9. The molecular formula is C15H13FN2O3. The van der Waals surface area contributed by atoms with Gasteiger partial charge in [0.2, 0.25) is 5.95 Å². The lowest BCUT2D eigenvalue weighted by Crippen LogP contribution is -2.31. The predicted octanol–water partition coefficient (Wildman–Crippen LogP) is 1.82. The SMILES string of the molecule is O=C(NCC(C(=O)O)c1ccccc1)c1ccnc(F)c1. The highest BCUT2D eigenvalue weighted by Crippen LogP contribution is 2.15. The van der Waals surface area contributed by atoms with E-state index in [0.717, 1.165) is 6.07 Å². The average Bonchev–Trinajstić information content (AvgIpc) is 2.48. The summed E-state index contributed by atoms with van der Waals surface area (Å²) in [6.45, 7) is -0.0812. The molecule has 1 unspecified atom stereocenters. The number of carboxylic acid groups (broad SMARTS) is 1. The minimum absolute atomic E-state index is 0.0812. The third-order valence-electron chi connectivity index (χ3n) is 2.96. The Morgan fingerprint density at radius 3 is 2.57 bits per heavy atom. The van der Waals surface area contributed by atoms with Crippen molar-refractivity contribution in [2.75, 3.05) is 6.54 Å². The van der Waals surface area contributed by atoms with Gasteiger partial charge in [0.15, 0.2) is 0 Å². The fourth-order valence-electron chi connectivity index (χ4n) is 1.87. The first-order valence-corrected chi connectivity index (χ1v) is 6.25. The van der Waals surface area contributed by atoms with Crippen molar-refractivity contribution in [1.82, 2.24) is 10.3 Å². The highest BCUT2D eigenvalue weighted by atomic mass is 19.1. The van der Waals surface area contributed by atoms with Gasteiger partial charge in [-0.05, 0) is 11.6 Å². The molecule has 0 spiro atoms. The van der Waals surface area contributed by atoms with Gasteiger partial charge in [0.05, 0.1) is 5.92 Å². The molecule has 0 bridgehead atoms. The molecule has 1 aromatic carbocycles. The van der Waals surface area contributed by atoms with Gasteiger partial charge in [-0.1, -0.05) is 30.3 Å². The molecule has 1 atom stereocenters. The maximum Gasteiger partial charge on any atom is 0.312 e. The number of carboxylic acids is 1. The molecule has 6 heteroatoms. The van der Waals surface area contributed by atoms with E-state index in [1.54, 1.807) is 30.3 Å². The number of nitrogens with one attached hydrogen (secondary N) is 1. The lowest BCUT2D eigenvalue weighted by Gasteiger charge is -2.13. The molecule has 1 heterocycles. The number of hydrogen-bond donors (Lipinski definition) is 2. The molecule has 0 saturated carbocycles. The molecule has 0 aliphatic heterocycles. The number of aliphatic carboxylic acids is 1. The zero-order valence-electron chi connectivity index (χ0n) is 11.0. The van der Waals surface area contributed by atoms with Crippen LogP contribution in [0.25, 0.3) is 0 Å². The summed E-state index contributed by atoms with van der Waals surface area (Å²) in [4.78, 5) is 26.5. The van der Waals surface area contributed by atoms with Gasteiger partial charge in [0.1, 0.15) is 0 Å². The number of carbonyl (C=O) groups excluding carboxylic acids is 1. The first-order chi connectivity index (χ1) is 10.1. The Balaban J connectivity index is 2.06. The smallest absolute Gasteiger partial charge is 0.312 e. The second-order valence-electron chi connectivity index (χ2n) is 4.38. The second kappa shape index (κ2) is 6.60. The van der Waals surface area contributed by atoms with Crippen LogP contribution in [0.2, 0.25) is 0 Å². The Morgan fingerprint density at radius 1 is 1.24 bits per heavy atom. The van der Waals surface area contributed by atoms with Gasteiger partial charge in [-0.15, -0.1) is 0 Å². The van der Waals surface area contributed by atoms with Crippen molar-refractivity contribution in [2.45, 2.75) is 5.92 Å². The van der Waals surface area contributed by atoms with E-state index < -0.39 is 23.7 Å². The summed E-state index contributed by atoms with van der Waals surface area (Å²) in [5.74, 6) is -3.21. The van der Waals surface area contributed by atoms with Crippen molar-refractivity contribution >= 4 is 11.9 Å². The van der Waals surface area contributed by atoms with Crippen molar-refractivity contribution in [3.63, 3.8) is 0 Å². The largest absolute Gasteiger partial charge is 0.481 e. The Labute approximate surface area is 120 Å². The fraction of sp³-hybridized carbons (Fsp3) is 0.133. The highest BCUT2D eigenvalue weighted by molar-refractivity contribution is 5.94. The van der Waals surface area contributed by atoms with E-state index in [-0.39, 0.29) is 12.1 Å². The number of aromatic nitrogens is 1. The average molecular weight is 288 g/mol. The Bertz CT molecular complexity index is 646. The molecular weight excluding hydrogens is 275 g/mol. The standard InChI is InChI=1S/C15H13FN2O3/c16-13-8-11(6-7-17-13)14(19)18-9-12(15(20)21)10-4-2-1-3-5-10/h1-8,12H,9H2,(H,18,19)(H,20,21). The van der Waals surface area contributed by atoms with Crippen molar-refractivity contribution in [2.24, 2.45) is 0 Å². The molecule has 1 amide bonds. The normalized spacial score (nSPS) is 11.7. The number of hydrogen-bond acceptors (Lipinski definition) is 3. The first-order valence-electron chi connectivity index (χ1n) is 6.25. The number of halogens is 1. The van der Waals surface area contributed by atoms with E-state index in [2.05, 4.69) is 10.3 Å². The van der Waals surface area contributed by atoms with Gasteiger partial charge >= 0.3 is 5.97 Å². The molecule has 21 heavy (non-hydrogen) atoms. The van der Waals surface area contributed by atoms with E-state index in [0.29, 0.717) is 5.56 Å². The van der Waals surface area contributed by atoms with Crippen LogP contribution in [0.5, 0.6) is 0 Å². The molecule has 2 N–H and O–H groups in total. The molecule has 1 aromatic heterocycles. The Hall–Kier alpha value is -2.76. The monoisotopic (exact) mass is 288 g/mol. The predicted molar refractivity (Wildman–Crippen MR) is 73.3 cm³/mol. The van der Waals surface area contributed by atoms with Gasteiger partial charge < -0.3 is 10.4 Å². The molecule has 0 aliphatic carbocycles. The van der Waals surface area contributed by atoms with Crippen molar-refractivity contribution in [1.29, 1.82) is 0 Å². The lowest BCUT2D eigenvalue weighted by molar-refractivity contribution is -0.138. The number of benzene rings is 1. The summed E-state index contributed by atoms with van der Waals surface area (Å²) in [6, 6.07) is 10.9. The van der Waals surface area contributed by atoms with Crippen LogP contribution in [0, 0.1) is 5.95 Å². The summed E-state index contributed by atoms with van der Waals surface area (Å²) in [5, 5.41) is 11.7. The number of amides is 1. The van der Waals surface area contributed by atoms with Gasteiger partial charge in [0, 0.05) is 24.4 Å². The van der Waals surface area contributed by atoms with Crippen LogP contribution in [-0.2, 0) is 4.79 Å². The third kappa shape index (κ3) is 3.85. The van der Waals surface area contributed by atoms with Crippen LogP contribution >= 0.6 is 0 Å². The summed E-state index contributed by atoms with van der Waals surface area (Å²) in [5.41, 5.74) is 0.686. The molecule has 2 rings (SSSR count). The van der Waals surface area contributed by atoms with Crippen LogP contribution in [0.4, 0.5) is 4.39 Å². The number of carbonyl (C=O) groups is 2. The van der Waals surface area contributed by atoms with Crippen LogP contribution in [-0.4, -0.2) is 28.5 Å². The minimum atomic E-state index is -1.04. The van der Waals surface area contributed by atoms with E-state index in [1.807, 2.05) is 0 Å². The van der Waals surface area contributed by atoms with Crippen molar-refractivity contribution in [3.05, 3.63) is 65.7 Å². The van der Waals surface area contributed by atoms with Crippen LogP contribution in [0.3, 0.4) is 0 Å². The number of nitrogens with zero attached hydrogens (tertiary/aromatic N) is 1. The van der Waals surface area contributed by atoms with Crippen LogP contribution in [0.15, 0.2) is 48.7 Å². The second-order valence-corrected chi connectivity index (χ2v) is 4.38. The summed E-state index contributed by atoms with van der Waals surface area (Å²) in [6.07, 6.45) is 1.18. The third-order valence-corrected chi connectivity index (χ3v) is 2.96. The van der Waals surface area contributed by atoms with Gasteiger partial charge in [-0.2, -0.15) is 4.39 Å². The molecule has 0 radical (unpaired) electrons. The summed E-state index contributed by atoms with van der Waals surface area (Å²) in [7, 11) is 0. The fourth-order valence-corrected chi connectivity index (χ4v) is 1.87. The molecule has 0 saturated heterocycles. The molecule has 108 valence electrons. The number of pyridine rings is 1. The van der Waals surface area contributed by atoms with Gasteiger partial charge in [0.25, 0.3) is 5.91 Å². The van der Waals surface area contributed by atoms with Crippen LogP contribution < -0.4 is 5.32 Å². The van der Waals surface area contributed by atoms with E-state index in [4.69, 9.17) is 0 Å². The molecule has 0 aliphatic rings. The number of rotatable bonds is 5. The molecule has 0 fully saturated rings. The van der Waals surface area contributed by atoms with E-state index >= 15 is 0 Å². The Kier molecular flexibility index (Phi) is 4.61. The zero-order chi connectivity index (χ0) is 15.2. The minimum Gasteiger partial charge on any atom is -0.481 e. The summed E-state index contributed by atoms with van der Waals surface area (Å²) >= 11 is 0. The van der Waals surface area contributed by atoms with Gasteiger partial charge in [-0.3, -0.25) is 9.59 Å². The van der Waals surface area contributed by atoms with E-state index in [1.165, 1.54) is 12.3 Å². The van der Waals surface area contributed by atoms with Gasteiger partial charge in [-0.25, -0.2) is 4.98 Å². The molecule has 2 aromatic rings. The quantitative estimate of drug-likeness (QED) is 0.822. The van der Waals surface area contributed by atoms with Crippen LogP contribution in [0.1, 0.15) is 21.8 Å². The molecule has 5 nitrogen and oxygen atoms in total. The zero-order valence-corrected chi connectivity index (χ0v) is 11.0. The maximum atomic E-state index is 12.9.